The lowest BCUT2D eigenvalue weighted by Crippen LogP contribution is -2.71. The van der Waals surface area contributed by atoms with Crippen molar-refractivity contribution >= 4 is 5.91 Å². The van der Waals surface area contributed by atoms with Crippen LogP contribution in [0.1, 0.15) is 27.2 Å². The predicted octanol–water partition coefficient (Wildman–Crippen LogP) is 0.838. The van der Waals surface area contributed by atoms with Crippen molar-refractivity contribution in [2.24, 2.45) is 23.5 Å². The van der Waals surface area contributed by atoms with Crippen LogP contribution in [0.25, 0.3) is 0 Å². The lowest BCUT2D eigenvalue weighted by molar-refractivity contribution is -0.141. The molecule has 1 aliphatic carbocycles. The van der Waals surface area contributed by atoms with Crippen molar-refractivity contribution in [3.63, 3.8) is 0 Å². The molecule has 2 unspecified atom stereocenters. The summed E-state index contributed by atoms with van der Waals surface area (Å²) in [6.07, 6.45) is 1.08. The van der Waals surface area contributed by atoms with Gasteiger partial charge in [0.05, 0.1) is 5.54 Å². The molecule has 2 rings (SSSR count). The van der Waals surface area contributed by atoms with Crippen LogP contribution in [0.2, 0.25) is 0 Å². The van der Waals surface area contributed by atoms with Crippen molar-refractivity contribution in [3.8, 4) is 0 Å². The number of likely N-dealkylation sites (tertiary alicyclic amines) is 1. The van der Waals surface area contributed by atoms with Crippen LogP contribution in [-0.2, 0) is 4.79 Å². The number of nitrogens with two attached hydrogens (primary N) is 1. The van der Waals surface area contributed by atoms with Gasteiger partial charge in [0.15, 0.2) is 0 Å². The molecule has 3 nitrogen and oxygen atoms in total. The van der Waals surface area contributed by atoms with Crippen molar-refractivity contribution in [1.82, 2.24) is 4.90 Å². The molecule has 2 atom stereocenters. The van der Waals surface area contributed by atoms with Crippen LogP contribution in [0.3, 0.4) is 0 Å². The van der Waals surface area contributed by atoms with E-state index < -0.39 is 0 Å². The maximum atomic E-state index is 11.8. The fourth-order valence-corrected chi connectivity index (χ4v) is 2.09. The second kappa shape index (κ2) is 2.96. The van der Waals surface area contributed by atoms with Gasteiger partial charge in [-0.1, -0.05) is 20.8 Å². The Labute approximate surface area is 85.6 Å². The first-order valence-corrected chi connectivity index (χ1v) is 5.52. The van der Waals surface area contributed by atoms with Gasteiger partial charge in [-0.25, -0.2) is 0 Å². The van der Waals surface area contributed by atoms with Gasteiger partial charge < -0.3 is 10.6 Å². The van der Waals surface area contributed by atoms with Gasteiger partial charge in [0.1, 0.15) is 0 Å². The maximum Gasteiger partial charge on any atom is 0.226 e. The molecule has 14 heavy (non-hydrogen) atoms. The Morgan fingerprint density at radius 1 is 1.50 bits per heavy atom. The van der Waals surface area contributed by atoms with E-state index in [9.17, 15) is 4.79 Å². The fraction of sp³-hybridized carbons (Fsp3) is 0.909. The summed E-state index contributed by atoms with van der Waals surface area (Å²) in [4.78, 5) is 13.7. The molecule has 1 heterocycles. The summed E-state index contributed by atoms with van der Waals surface area (Å²) in [5, 5.41) is 0. The molecule has 3 heteroatoms. The molecular weight excluding hydrogens is 176 g/mol. The predicted molar refractivity (Wildman–Crippen MR) is 55.6 cm³/mol. The minimum absolute atomic E-state index is 0.117. The van der Waals surface area contributed by atoms with Crippen LogP contribution in [0.4, 0.5) is 0 Å². The van der Waals surface area contributed by atoms with Gasteiger partial charge in [0.25, 0.3) is 0 Å². The van der Waals surface area contributed by atoms with E-state index in [1.54, 1.807) is 0 Å². The first-order valence-electron chi connectivity index (χ1n) is 5.52. The molecule has 80 valence electrons. The smallest absolute Gasteiger partial charge is 0.226 e. The third-order valence-electron chi connectivity index (χ3n) is 3.86. The largest absolute Gasteiger partial charge is 0.339 e. The zero-order chi connectivity index (χ0) is 10.5. The van der Waals surface area contributed by atoms with Crippen molar-refractivity contribution in [2.75, 3.05) is 13.1 Å². The van der Waals surface area contributed by atoms with Crippen LogP contribution >= 0.6 is 0 Å². The minimum atomic E-state index is -0.117. The molecule has 0 aromatic heterocycles. The summed E-state index contributed by atoms with van der Waals surface area (Å²) >= 11 is 0. The third-order valence-corrected chi connectivity index (χ3v) is 3.86. The van der Waals surface area contributed by atoms with Gasteiger partial charge in [0, 0.05) is 19.0 Å². The summed E-state index contributed by atoms with van der Waals surface area (Å²) in [6.45, 7) is 7.91. The number of nitrogens with zero attached hydrogens (tertiary/aromatic N) is 1. The van der Waals surface area contributed by atoms with Crippen LogP contribution in [0.5, 0.6) is 0 Å². The third kappa shape index (κ3) is 1.44. The molecule has 1 saturated carbocycles. The maximum absolute atomic E-state index is 11.8. The second-order valence-electron chi connectivity index (χ2n) is 5.40. The van der Waals surface area contributed by atoms with E-state index in [0.717, 1.165) is 19.5 Å². The van der Waals surface area contributed by atoms with Crippen LogP contribution in [0, 0.1) is 17.8 Å². The summed E-state index contributed by atoms with van der Waals surface area (Å²) in [6, 6.07) is 0. The standard InChI is InChI=1S/C11H20N2O/c1-7(2)11(12)5-13(6-11)10(14)9-4-8(9)3/h7-9H,4-6,12H2,1-3H3. The molecule has 0 aromatic rings. The lowest BCUT2D eigenvalue weighted by Gasteiger charge is -2.50. The van der Waals surface area contributed by atoms with Crippen molar-refractivity contribution < 1.29 is 4.79 Å². The Morgan fingerprint density at radius 2 is 2.00 bits per heavy atom. The highest BCUT2D eigenvalue weighted by atomic mass is 16.2. The van der Waals surface area contributed by atoms with E-state index in [2.05, 4.69) is 20.8 Å². The molecule has 2 N–H and O–H groups in total. The first kappa shape index (κ1) is 9.97. The van der Waals surface area contributed by atoms with Crippen molar-refractivity contribution in [1.29, 1.82) is 0 Å². The number of carbonyl (C=O) groups is 1. The van der Waals surface area contributed by atoms with E-state index >= 15 is 0 Å². The summed E-state index contributed by atoms with van der Waals surface area (Å²) in [7, 11) is 0. The summed E-state index contributed by atoms with van der Waals surface area (Å²) in [5.41, 5.74) is 6.02. The number of rotatable bonds is 2. The van der Waals surface area contributed by atoms with E-state index in [-0.39, 0.29) is 5.54 Å². The molecule has 1 amide bonds. The fourth-order valence-electron chi connectivity index (χ4n) is 2.09. The minimum Gasteiger partial charge on any atom is -0.339 e. The number of hydrogen-bond acceptors (Lipinski definition) is 2. The topological polar surface area (TPSA) is 46.3 Å². The van der Waals surface area contributed by atoms with E-state index in [1.807, 2.05) is 4.90 Å². The molecule has 0 radical (unpaired) electrons. The highest BCUT2D eigenvalue weighted by Gasteiger charge is 2.49. The van der Waals surface area contributed by atoms with Gasteiger partial charge >= 0.3 is 0 Å². The van der Waals surface area contributed by atoms with E-state index in [1.165, 1.54) is 0 Å². The van der Waals surface area contributed by atoms with E-state index in [4.69, 9.17) is 5.73 Å². The Kier molecular flexibility index (Phi) is 2.11. The Bertz CT molecular complexity index is 256. The number of hydrogen-bond donors (Lipinski definition) is 1. The number of amides is 1. The zero-order valence-corrected chi connectivity index (χ0v) is 9.29. The first-order chi connectivity index (χ1) is 6.44. The summed E-state index contributed by atoms with van der Waals surface area (Å²) in [5.74, 6) is 1.71. The van der Waals surface area contributed by atoms with Gasteiger partial charge in [-0.3, -0.25) is 4.79 Å². The van der Waals surface area contributed by atoms with Crippen molar-refractivity contribution in [3.05, 3.63) is 0 Å². The van der Waals surface area contributed by atoms with Crippen LogP contribution < -0.4 is 5.73 Å². The molecule has 2 aliphatic rings. The quantitative estimate of drug-likeness (QED) is 0.711. The van der Waals surface area contributed by atoms with Crippen LogP contribution in [0.15, 0.2) is 0 Å². The van der Waals surface area contributed by atoms with Gasteiger partial charge in [-0.05, 0) is 18.3 Å². The highest BCUT2D eigenvalue weighted by Crippen LogP contribution is 2.41. The molecular formula is C11H20N2O. The normalized spacial score (nSPS) is 34.2. The van der Waals surface area contributed by atoms with Crippen LogP contribution in [-0.4, -0.2) is 29.4 Å². The van der Waals surface area contributed by atoms with Gasteiger partial charge in [-0.2, -0.15) is 0 Å². The second-order valence-corrected chi connectivity index (χ2v) is 5.40. The molecule has 0 spiro atoms. The molecule has 1 aliphatic heterocycles. The lowest BCUT2D eigenvalue weighted by atomic mass is 9.80. The molecule has 0 bridgehead atoms. The van der Waals surface area contributed by atoms with Gasteiger partial charge in [-0.15, -0.1) is 0 Å². The number of carbonyl (C=O) groups excluding carboxylic acids is 1. The average molecular weight is 196 g/mol. The van der Waals surface area contributed by atoms with Crippen molar-refractivity contribution in [2.45, 2.75) is 32.7 Å². The average Bonchev–Trinajstić information content (AvgIpc) is 2.75. The monoisotopic (exact) mass is 196 g/mol. The molecule has 1 saturated heterocycles. The SMILES string of the molecule is CC1CC1C(=O)N1CC(N)(C(C)C)C1. The zero-order valence-electron chi connectivity index (χ0n) is 9.29. The Balaban J connectivity index is 1.85. The molecule has 2 fully saturated rings. The summed E-state index contributed by atoms with van der Waals surface area (Å²) < 4.78 is 0. The Morgan fingerprint density at radius 3 is 2.36 bits per heavy atom. The Hall–Kier alpha value is -0.570. The molecule has 0 aromatic carbocycles. The highest BCUT2D eigenvalue weighted by molar-refractivity contribution is 5.82. The van der Waals surface area contributed by atoms with E-state index in [0.29, 0.717) is 23.7 Å². The van der Waals surface area contributed by atoms with Gasteiger partial charge in [0.2, 0.25) is 5.91 Å².